The average Bonchev–Trinajstić information content (AvgIpc) is 3.03. The Balaban J connectivity index is 1.67. The van der Waals surface area contributed by atoms with Gasteiger partial charge in [0.1, 0.15) is 11.6 Å². The van der Waals surface area contributed by atoms with E-state index < -0.39 is 54.0 Å². The van der Waals surface area contributed by atoms with Gasteiger partial charge < -0.3 is 36.0 Å². The van der Waals surface area contributed by atoms with Crippen molar-refractivity contribution in [3.8, 4) is 0 Å². The number of carboxylic acid groups (broad SMARTS) is 1. The van der Waals surface area contributed by atoms with Gasteiger partial charge in [-0.3, -0.25) is 9.69 Å². The van der Waals surface area contributed by atoms with E-state index in [0.717, 1.165) is 21.6 Å². The number of amides is 3. The van der Waals surface area contributed by atoms with Crippen LogP contribution in [0.15, 0.2) is 91.0 Å². The predicted molar refractivity (Wildman–Crippen MR) is 180 cm³/mol. The fourth-order valence-corrected chi connectivity index (χ4v) is 5.02. The van der Waals surface area contributed by atoms with E-state index in [4.69, 9.17) is 4.74 Å². The number of nitrogens with one attached hydrogen (secondary N) is 3. The van der Waals surface area contributed by atoms with Crippen LogP contribution in [0.5, 0.6) is 0 Å². The van der Waals surface area contributed by atoms with Crippen LogP contribution in [0.4, 0.5) is 9.59 Å². The molecule has 0 fully saturated rings. The summed E-state index contributed by atoms with van der Waals surface area (Å²) in [5.41, 5.74) is 1.81. The van der Waals surface area contributed by atoms with Gasteiger partial charge in [-0.15, -0.1) is 0 Å². The lowest BCUT2D eigenvalue weighted by Crippen LogP contribution is -2.55. The third-order valence-corrected chi connectivity index (χ3v) is 7.55. The fourth-order valence-electron chi connectivity index (χ4n) is 5.02. The number of rotatable bonds is 16. The molecule has 0 aliphatic carbocycles. The maximum atomic E-state index is 13.4. The van der Waals surface area contributed by atoms with Crippen LogP contribution in [0, 0.1) is 0 Å². The van der Waals surface area contributed by atoms with Crippen LogP contribution in [0.25, 0.3) is 0 Å². The summed E-state index contributed by atoms with van der Waals surface area (Å²) in [6.45, 7) is 6.83. The molecule has 0 aliphatic heterocycles. The molecular weight excluding hydrogens is 600 g/mol. The minimum Gasteiger partial charge on any atom is -0.465 e. The summed E-state index contributed by atoms with van der Waals surface area (Å²) < 4.78 is 5.41. The molecule has 11 heteroatoms. The van der Waals surface area contributed by atoms with Crippen molar-refractivity contribution in [2.45, 2.75) is 83.0 Å². The number of nitrogens with zero attached hydrogens (tertiary/aromatic N) is 1. The van der Waals surface area contributed by atoms with Crippen molar-refractivity contribution in [1.29, 1.82) is 0 Å². The van der Waals surface area contributed by atoms with Crippen LogP contribution in [-0.2, 0) is 28.9 Å². The van der Waals surface area contributed by atoms with Gasteiger partial charge in [-0.2, -0.15) is 0 Å². The Bertz CT molecular complexity index is 1390. The molecule has 3 aromatic rings. The van der Waals surface area contributed by atoms with E-state index in [1.165, 1.54) is 6.92 Å². The van der Waals surface area contributed by atoms with E-state index in [9.17, 15) is 29.7 Å². The number of aliphatic hydroxyl groups is 2. The highest BCUT2D eigenvalue weighted by molar-refractivity contribution is 5.85. The maximum absolute atomic E-state index is 13.4. The molecular formula is C36H48N4O7. The molecule has 47 heavy (non-hydrogen) atoms. The second-order valence-corrected chi connectivity index (χ2v) is 12.6. The molecule has 0 radical (unpaired) electrons. The zero-order chi connectivity index (χ0) is 34.4. The van der Waals surface area contributed by atoms with Crippen LogP contribution in [0.3, 0.4) is 0 Å². The number of hydrogen-bond acceptors (Lipinski definition) is 7. The van der Waals surface area contributed by atoms with Gasteiger partial charge in [0, 0.05) is 19.6 Å². The molecule has 254 valence electrons. The number of alkyl carbamates (subject to hydrolysis) is 1. The van der Waals surface area contributed by atoms with E-state index in [-0.39, 0.29) is 26.1 Å². The second kappa shape index (κ2) is 18.0. The van der Waals surface area contributed by atoms with Crippen molar-refractivity contribution in [3.05, 3.63) is 108 Å². The first kappa shape index (κ1) is 37.0. The topological polar surface area (TPSA) is 160 Å². The van der Waals surface area contributed by atoms with Crippen molar-refractivity contribution in [1.82, 2.24) is 20.9 Å². The Morgan fingerprint density at radius 3 is 1.57 bits per heavy atom. The summed E-state index contributed by atoms with van der Waals surface area (Å²) in [6, 6.07) is 25.3. The van der Waals surface area contributed by atoms with Gasteiger partial charge in [0.2, 0.25) is 5.91 Å². The Morgan fingerprint density at radius 2 is 1.15 bits per heavy atom. The monoisotopic (exact) mass is 648 g/mol. The zero-order valence-electron chi connectivity index (χ0n) is 27.5. The van der Waals surface area contributed by atoms with Crippen LogP contribution in [-0.4, -0.2) is 87.3 Å². The highest BCUT2D eigenvalue weighted by atomic mass is 16.6. The minimum absolute atomic E-state index is 0.000373. The molecule has 6 N–H and O–H groups in total. The van der Waals surface area contributed by atoms with Crippen LogP contribution < -0.4 is 16.0 Å². The summed E-state index contributed by atoms with van der Waals surface area (Å²) in [5.74, 6) is -0.548. The lowest BCUT2D eigenvalue weighted by molar-refractivity contribution is -0.127. The van der Waals surface area contributed by atoms with E-state index in [1.54, 1.807) is 45.0 Å². The van der Waals surface area contributed by atoms with Gasteiger partial charge in [-0.05, 0) is 57.2 Å². The molecule has 0 spiro atoms. The third-order valence-electron chi connectivity index (χ3n) is 7.55. The quantitative estimate of drug-likeness (QED) is 0.137. The maximum Gasteiger partial charge on any atom is 0.408 e. The van der Waals surface area contributed by atoms with Gasteiger partial charge in [-0.25, -0.2) is 9.59 Å². The largest absolute Gasteiger partial charge is 0.465 e. The molecule has 3 aromatic carbocycles. The molecule has 11 nitrogen and oxygen atoms in total. The normalized spacial score (nSPS) is 14.6. The average molecular weight is 649 g/mol. The standard InChI is InChI=1S/C36H48N4O7/c1-25(40(35(45)46)24-28-18-12-7-13-19-28)33(43)38-29(20-26-14-8-5-9-15-26)31(41)22-37-23-32(42)30(21-27-16-10-6-11-17-27)39-34(44)47-36(2,3)4/h5-19,25,29-32,37,41-42H,20-24H2,1-4H3,(H,38,43)(H,39,44)(H,45,46)/t25-,29-,30-,31+,32+/m0/s1. The lowest BCUT2D eigenvalue weighted by Gasteiger charge is -2.30. The van der Waals surface area contributed by atoms with Crippen molar-refractivity contribution >= 4 is 18.1 Å². The van der Waals surface area contributed by atoms with Gasteiger partial charge in [0.15, 0.2) is 0 Å². The van der Waals surface area contributed by atoms with Crippen LogP contribution in [0.1, 0.15) is 44.4 Å². The molecule has 0 saturated carbocycles. The summed E-state index contributed by atoms with van der Waals surface area (Å²) >= 11 is 0. The highest BCUT2D eigenvalue weighted by Gasteiger charge is 2.30. The first-order chi connectivity index (χ1) is 22.3. The van der Waals surface area contributed by atoms with Crippen molar-refractivity contribution in [2.24, 2.45) is 0 Å². The summed E-state index contributed by atoms with van der Waals surface area (Å²) in [7, 11) is 0. The number of ether oxygens (including phenoxy) is 1. The fraction of sp³-hybridized carbons (Fsp3) is 0.417. The molecule has 3 rings (SSSR count). The highest BCUT2D eigenvalue weighted by Crippen LogP contribution is 2.13. The number of benzene rings is 3. The molecule has 0 heterocycles. The number of hydrogen-bond donors (Lipinski definition) is 6. The molecule has 0 aromatic heterocycles. The smallest absolute Gasteiger partial charge is 0.408 e. The lowest BCUT2D eigenvalue weighted by atomic mass is 9.99. The van der Waals surface area contributed by atoms with E-state index in [2.05, 4.69) is 16.0 Å². The molecule has 0 aliphatic rings. The Kier molecular flexibility index (Phi) is 14.2. The predicted octanol–water partition coefficient (Wildman–Crippen LogP) is 3.73. The van der Waals surface area contributed by atoms with Crippen molar-refractivity contribution in [2.75, 3.05) is 13.1 Å². The Morgan fingerprint density at radius 1 is 0.723 bits per heavy atom. The van der Waals surface area contributed by atoms with E-state index >= 15 is 0 Å². The zero-order valence-corrected chi connectivity index (χ0v) is 27.5. The first-order valence-electron chi connectivity index (χ1n) is 15.8. The molecule has 0 saturated heterocycles. The van der Waals surface area contributed by atoms with E-state index in [1.807, 2.05) is 66.7 Å². The number of carbonyl (C=O) groups excluding carboxylic acids is 2. The van der Waals surface area contributed by atoms with Crippen LogP contribution in [0.2, 0.25) is 0 Å². The van der Waals surface area contributed by atoms with Gasteiger partial charge >= 0.3 is 12.2 Å². The molecule has 5 atom stereocenters. The Labute approximate surface area is 277 Å². The molecule has 0 unspecified atom stereocenters. The van der Waals surface area contributed by atoms with Crippen molar-refractivity contribution < 1.29 is 34.4 Å². The first-order valence-corrected chi connectivity index (χ1v) is 15.8. The van der Waals surface area contributed by atoms with E-state index in [0.29, 0.717) is 6.42 Å². The summed E-state index contributed by atoms with van der Waals surface area (Å²) in [5, 5.41) is 40.9. The SMILES string of the molecule is C[C@@H](C(=O)N[C@@H](Cc1ccccc1)[C@H](O)CNC[C@@H](O)[C@H](Cc1ccccc1)NC(=O)OC(C)(C)C)N(Cc1ccccc1)C(=O)O. The van der Waals surface area contributed by atoms with Crippen molar-refractivity contribution in [3.63, 3.8) is 0 Å². The van der Waals surface area contributed by atoms with Gasteiger partial charge in [0.25, 0.3) is 0 Å². The molecule has 3 amide bonds. The second-order valence-electron chi connectivity index (χ2n) is 12.6. The Hall–Kier alpha value is -4.45. The summed E-state index contributed by atoms with van der Waals surface area (Å²) in [6.07, 6.45) is -3.40. The minimum atomic E-state index is -1.24. The number of carbonyl (C=O) groups is 3. The van der Waals surface area contributed by atoms with Gasteiger partial charge in [-0.1, -0.05) is 91.0 Å². The molecule has 0 bridgehead atoms. The third kappa shape index (κ3) is 13.1. The van der Waals surface area contributed by atoms with Crippen LogP contribution >= 0.6 is 0 Å². The summed E-state index contributed by atoms with van der Waals surface area (Å²) in [4.78, 5) is 39.1. The van der Waals surface area contributed by atoms with Gasteiger partial charge in [0.05, 0.1) is 24.3 Å². The number of aliphatic hydroxyl groups excluding tert-OH is 2.